The SMILES string of the molecule is CCC(Nc1cccc(CN(C)C(=O)OC(C)(C)C)c1)C1CC1. The lowest BCUT2D eigenvalue weighted by molar-refractivity contribution is 0.0285. The molecule has 1 aromatic carbocycles. The van der Waals surface area contributed by atoms with Crippen molar-refractivity contribution in [1.29, 1.82) is 0 Å². The summed E-state index contributed by atoms with van der Waals surface area (Å²) in [6, 6.07) is 8.88. The van der Waals surface area contributed by atoms with Crippen molar-refractivity contribution in [3.05, 3.63) is 29.8 Å². The van der Waals surface area contributed by atoms with Crippen LogP contribution >= 0.6 is 0 Å². The maximum atomic E-state index is 12.1. The molecule has 1 saturated carbocycles. The van der Waals surface area contributed by atoms with E-state index >= 15 is 0 Å². The maximum Gasteiger partial charge on any atom is 0.410 e. The Morgan fingerprint density at radius 2 is 2.09 bits per heavy atom. The zero-order chi connectivity index (χ0) is 17.0. The van der Waals surface area contributed by atoms with Crippen molar-refractivity contribution < 1.29 is 9.53 Å². The number of carbonyl (C=O) groups is 1. The van der Waals surface area contributed by atoms with Gasteiger partial charge in [0.05, 0.1) is 0 Å². The van der Waals surface area contributed by atoms with Crippen LogP contribution in [0.4, 0.5) is 10.5 Å². The summed E-state index contributed by atoms with van der Waals surface area (Å²) < 4.78 is 5.39. The molecule has 1 fully saturated rings. The van der Waals surface area contributed by atoms with Crippen LogP contribution in [0, 0.1) is 5.92 Å². The summed E-state index contributed by atoms with van der Waals surface area (Å²) in [5, 5.41) is 3.64. The molecule has 0 aliphatic heterocycles. The van der Waals surface area contributed by atoms with Crippen LogP contribution in [0.5, 0.6) is 0 Å². The largest absolute Gasteiger partial charge is 0.444 e. The van der Waals surface area contributed by atoms with Crippen LogP contribution in [0.25, 0.3) is 0 Å². The summed E-state index contributed by atoms with van der Waals surface area (Å²) in [5.41, 5.74) is 1.78. The van der Waals surface area contributed by atoms with Gasteiger partial charge >= 0.3 is 6.09 Å². The Kier molecular flexibility index (Phi) is 5.55. The standard InChI is InChI=1S/C19H30N2O2/c1-6-17(15-10-11-15)20-16-9-7-8-14(12-16)13-21(5)18(22)23-19(2,3)4/h7-9,12,15,17,20H,6,10-11,13H2,1-5H3. The van der Waals surface area contributed by atoms with Crippen molar-refractivity contribution in [2.24, 2.45) is 5.92 Å². The summed E-state index contributed by atoms with van der Waals surface area (Å²) in [4.78, 5) is 13.7. The molecule has 1 unspecified atom stereocenters. The molecule has 0 saturated heterocycles. The number of hydrogen-bond donors (Lipinski definition) is 1. The van der Waals surface area contributed by atoms with Crippen molar-refractivity contribution in [2.75, 3.05) is 12.4 Å². The zero-order valence-corrected chi connectivity index (χ0v) is 15.1. The van der Waals surface area contributed by atoms with E-state index in [1.54, 1.807) is 11.9 Å². The van der Waals surface area contributed by atoms with Gasteiger partial charge in [0.1, 0.15) is 5.60 Å². The first-order valence-corrected chi connectivity index (χ1v) is 8.58. The fourth-order valence-corrected chi connectivity index (χ4v) is 2.70. The molecule has 1 aliphatic rings. The van der Waals surface area contributed by atoms with Gasteiger partial charge in [0.25, 0.3) is 0 Å². The first-order chi connectivity index (χ1) is 10.8. The summed E-state index contributed by atoms with van der Waals surface area (Å²) in [5.74, 6) is 0.827. The molecule has 1 N–H and O–H groups in total. The number of nitrogens with one attached hydrogen (secondary N) is 1. The highest BCUT2D eigenvalue weighted by atomic mass is 16.6. The molecule has 1 amide bonds. The lowest BCUT2D eigenvalue weighted by atomic mass is 10.1. The average molecular weight is 318 g/mol. The summed E-state index contributed by atoms with van der Waals surface area (Å²) in [6.45, 7) is 8.42. The normalized spacial score (nSPS) is 15.9. The van der Waals surface area contributed by atoms with Crippen LogP contribution in [0.15, 0.2) is 24.3 Å². The van der Waals surface area contributed by atoms with Crippen LogP contribution in [-0.2, 0) is 11.3 Å². The molecule has 0 aromatic heterocycles. The van der Waals surface area contributed by atoms with Crippen molar-refractivity contribution in [3.63, 3.8) is 0 Å². The second kappa shape index (κ2) is 7.24. The van der Waals surface area contributed by atoms with Gasteiger partial charge in [0.15, 0.2) is 0 Å². The molecule has 4 nitrogen and oxygen atoms in total. The Morgan fingerprint density at radius 3 is 2.65 bits per heavy atom. The highest BCUT2D eigenvalue weighted by Gasteiger charge is 2.29. The third kappa shape index (κ3) is 5.77. The molecule has 128 valence electrons. The second-order valence-electron chi connectivity index (χ2n) is 7.53. The quantitative estimate of drug-likeness (QED) is 0.830. The maximum absolute atomic E-state index is 12.1. The van der Waals surface area contributed by atoms with Gasteiger partial charge in [0, 0.05) is 25.3 Å². The van der Waals surface area contributed by atoms with Crippen LogP contribution < -0.4 is 5.32 Å². The van der Waals surface area contributed by atoms with Crippen LogP contribution in [0.3, 0.4) is 0 Å². The minimum Gasteiger partial charge on any atom is -0.444 e. The molecule has 1 aromatic rings. The van der Waals surface area contributed by atoms with Gasteiger partial charge < -0.3 is 15.0 Å². The average Bonchev–Trinajstić information content (AvgIpc) is 3.28. The summed E-state index contributed by atoms with van der Waals surface area (Å²) >= 11 is 0. The zero-order valence-electron chi connectivity index (χ0n) is 15.1. The number of benzene rings is 1. The van der Waals surface area contributed by atoms with Crippen LogP contribution in [0.1, 0.15) is 52.5 Å². The third-order valence-corrected chi connectivity index (χ3v) is 4.03. The Balaban J connectivity index is 1.95. The molecule has 0 heterocycles. The minimum absolute atomic E-state index is 0.291. The van der Waals surface area contributed by atoms with E-state index in [1.165, 1.54) is 12.8 Å². The van der Waals surface area contributed by atoms with Crippen molar-refractivity contribution in [2.45, 2.75) is 65.1 Å². The molecular weight excluding hydrogens is 288 g/mol. The van der Waals surface area contributed by atoms with Crippen molar-refractivity contribution >= 4 is 11.8 Å². The number of ether oxygens (including phenoxy) is 1. The van der Waals surface area contributed by atoms with Crippen molar-refractivity contribution in [1.82, 2.24) is 4.90 Å². The highest BCUT2D eigenvalue weighted by Crippen LogP contribution is 2.35. The summed E-state index contributed by atoms with van der Waals surface area (Å²) in [7, 11) is 1.77. The van der Waals surface area contributed by atoms with E-state index in [4.69, 9.17) is 4.74 Å². The third-order valence-electron chi connectivity index (χ3n) is 4.03. The van der Waals surface area contributed by atoms with Gasteiger partial charge in [-0.05, 0) is 63.6 Å². The lowest BCUT2D eigenvalue weighted by Gasteiger charge is -2.25. The number of carbonyl (C=O) groups excluding carboxylic acids is 1. The van der Waals surface area contributed by atoms with Gasteiger partial charge in [0.2, 0.25) is 0 Å². The number of nitrogens with zero attached hydrogens (tertiary/aromatic N) is 1. The summed E-state index contributed by atoms with van der Waals surface area (Å²) in [6.07, 6.45) is 3.53. The molecule has 0 spiro atoms. The Labute approximate surface area is 140 Å². The first kappa shape index (κ1) is 17.6. The van der Waals surface area contributed by atoms with E-state index in [2.05, 4.69) is 24.4 Å². The van der Waals surface area contributed by atoms with Gasteiger partial charge in [-0.1, -0.05) is 19.1 Å². The second-order valence-corrected chi connectivity index (χ2v) is 7.53. The van der Waals surface area contributed by atoms with Gasteiger partial charge in [-0.15, -0.1) is 0 Å². The minimum atomic E-state index is -0.465. The molecule has 4 heteroatoms. The number of rotatable bonds is 6. The van der Waals surface area contributed by atoms with E-state index in [0.717, 1.165) is 23.6 Å². The topological polar surface area (TPSA) is 41.6 Å². The van der Waals surface area contributed by atoms with Crippen molar-refractivity contribution in [3.8, 4) is 0 Å². The molecule has 0 bridgehead atoms. The van der Waals surface area contributed by atoms with E-state index in [0.29, 0.717) is 12.6 Å². The smallest absolute Gasteiger partial charge is 0.410 e. The number of anilines is 1. The number of hydrogen-bond acceptors (Lipinski definition) is 3. The Hall–Kier alpha value is -1.71. The Bertz CT molecular complexity index is 532. The van der Waals surface area contributed by atoms with Gasteiger partial charge in [-0.25, -0.2) is 4.79 Å². The monoisotopic (exact) mass is 318 g/mol. The first-order valence-electron chi connectivity index (χ1n) is 8.58. The fraction of sp³-hybridized carbons (Fsp3) is 0.632. The molecule has 1 atom stereocenters. The Morgan fingerprint density at radius 1 is 1.39 bits per heavy atom. The molecule has 1 aliphatic carbocycles. The van der Waals surface area contributed by atoms with E-state index in [-0.39, 0.29) is 6.09 Å². The van der Waals surface area contributed by atoms with E-state index in [1.807, 2.05) is 32.9 Å². The molecule has 0 radical (unpaired) electrons. The van der Waals surface area contributed by atoms with Crippen LogP contribution in [0.2, 0.25) is 0 Å². The van der Waals surface area contributed by atoms with Gasteiger partial charge in [-0.2, -0.15) is 0 Å². The molecule has 2 rings (SSSR count). The highest BCUT2D eigenvalue weighted by molar-refractivity contribution is 5.67. The van der Waals surface area contributed by atoms with Gasteiger partial charge in [-0.3, -0.25) is 0 Å². The lowest BCUT2D eigenvalue weighted by Crippen LogP contribution is -2.33. The predicted octanol–water partition coefficient (Wildman–Crippen LogP) is 4.65. The van der Waals surface area contributed by atoms with E-state index in [9.17, 15) is 4.79 Å². The number of amides is 1. The van der Waals surface area contributed by atoms with Crippen LogP contribution in [-0.4, -0.2) is 29.7 Å². The molecule has 23 heavy (non-hydrogen) atoms. The predicted molar refractivity (Wildman–Crippen MR) is 94.6 cm³/mol. The molecular formula is C19H30N2O2. The van der Waals surface area contributed by atoms with E-state index < -0.39 is 5.60 Å². The fourth-order valence-electron chi connectivity index (χ4n) is 2.70.